The molecule has 166 valence electrons. The molecule has 0 unspecified atom stereocenters. The Bertz CT molecular complexity index is 963. The van der Waals surface area contributed by atoms with Crippen molar-refractivity contribution in [2.24, 2.45) is 0 Å². The van der Waals surface area contributed by atoms with Gasteiger partial charge in [-0.2, -0.15) is 5.10 Å². The molecule has 3 aromatic rings. The average Bonchev–Trinajstić information content (AvgIpc) is 3.21. The first-order valence-corrected chi connectivity index (χ1v) is 9.92. The molecule has 0 bridgehead atoms. The van der Waals surface area contributed by atoms with E-state index >= 15 is 0 Å². The summed E-state index contributed by atoms with van der Waals surface area (Å²) in [4.78, 5) is 13.5. The van der Waals surface area contributed by atoms with E-state index < -0.39 is 12.8 Å². The molecule has 1 saturated heterocycles. The van der Waals surface area contributed by atoms with Crippen molar-refractivity contribution in [1.29, 1.82) is 0 Å². The van der Waals surface area contributed by atoms with Gasteiger partial charge in [-0.05, 0) is 24.3 Å². The van der Waals surface area contributed by atoms with E-state index in [1.54, 1.807) is 35.4 Å². The fourth-order valence-electron chi connectivity index (χ4n) is 3.60. The molecule has 1 N–H and O–H groups in total. The second kappa shape index (κ2) is 10.6. The molecule has 0 aliphatic carbocycles. The lowest BCUT2D eigenvalue weighted by Gasteiger charge is -2.35. The average molecular weight is 451 g/mol. The largest absolute Gasteiger partial charge is 0.388 e. The molecule has 1 aliphatic rings. The minimum atomic E-state index is -1.02. The Kier molecular flexibility index (Phi) is 7.89. The van der Waals surface area contributed by atoms with Crippen LogP contribution >= 0.6 is 12.4 Å². The van der Waals surface area contributed by atoms with E-state index in [0.29, 0.717) is 0 Å². The summed E-state index contributed by atoms with van der Waals surface area (Å²) < 4.78 is 27.3. The van der Waals surface area contributed by atoms with E-state index in [1.807, 2.05) is 6.20 Å². The van der Waals surface area contributed by atoms with E-state index in [-0.39, 0.29) is 24.8 Å². The third-order valence-electron chi connectivity index (χ3n) is 5.14. The van der Waals surface area contributed by atoms with Gasteiger partial charge in [0.2, 0.25) is 0 Å². The summed E-state index contributed by atoms with van der Waals surface area (Å²) in [7, 11) is 0. The first kappa shape index (κ1) is 23.1. The van der Waals surface area contributed by atoms with Gasteiger partial charge in [0.15, 0.2) is 5.82 Å². The van der Waals surface area contributed by atoms with Crippen LogP contribution in [0.25, 0.3) is 11.3 Å². The number of rotatable bonds is 7. The van der Waals surface area contributed by atoms with E-state index in [1.165, 1.54) is 12.1 Å². The summed E-state index contributed by atoms with van der Waals surface area (Å²) in [6.07, 6.45) is 5.90. The van der Waals surface area contributed by atoms with Gasteiger partial charge in [0, 0.05) is 62.4 Å². The van der Waals surface area contributed by atoms with Crippen LogP contribution in [0.5, 0.6) is 0 Å². The molecule has 1 aromatic carbocycles. The van der Waals surface area contributed by atoms with Crippen LogP contribution in [-0.4, -0.2) is 68.7 Å². The summed E-state index contributed by atoms with van der Waals surface area (Å²) >= 11 is 0. The van der Waals surface area contributed by atoms with Crippen LogP contribution < -0.4 is 4.90 Å². The quantitative estimate of drug-likeness (QED) is 0.596. The van der Waals surface area contributed by atoms with Crippen LogP contribution in [0.3, 0.4) is 0 Å². The zero-order chi connectivity index (χ0) is 20.9. The third-order valence-corrected chi connectivity index (χ3v) is 5.14. The smallest absolute Gasteiger partial charge is 0.155 e. The number of aliphatic hydroxyl groups excluding tert-OH is 1. The van der Waals surface area contributed by atoms with Crippen molar-refractivity contribution in [2.75, 3.05) is 37.8 Å². The molecule has 0 spiro atoms. The Morgan fingerprint density at radius 2 is 1.74 bits per heavy atom. The maximum atomic E-state index is 13.3. The van der Waals surface area contributed by atoms with Crippen molar-refractivity contribution in [3.8, 4) is 11.3 Å². The van der Waals surface area contributed by atoms with E-state index in [0.717, 1.165) is 55.4 Å². The predicted octanol–water partition coefficient (Wildman–Crippen LogP) is 2.55. The Morgan fingerprint density at radius 3 is 2.45 bits per heavy atom. The van der Waals surface area contributed by atoms with Crippen LogP contribution in [0.15, 0.2) is 49.1 Å². The standard InChI is InChI=1S/C21H24F2N6O.ClH/c22-11-19(30)15-29-14-16(12-26-29)13-27-7-9-28(10-8-27)21-20(24-5-6-25-21)17-1-3-18(23)4-2-17;/h1-6,12,14,19,30H,7-11,13,15H2;1H/t19-;/m0./s1. The lowest BCUT2D eigenvalue weighted by Crippen LogP contribution is -2.46. The number of alkyl halides is 1. The molecule has 2 aromatic heterocycles. The predicted molar refractivity (Wildman–Crippen MR) is 116 cm³/mol. The summed E-state index contributed by atoms with van der Waals surface area (Å²) in [5.74, 6) is 0.525. The molecule has 1 atom stereocenters. The number of anilines is 1. The summed E-state index contributed by atoms with van der Waals surface area (Å²) in [5, 5.41) is 13.6. The van der Waals surface area contributed by atoms with Gasteiger partial charge in [-0.3, -0.25) is 14.6 Å². The minimum Gasteiger partial charge on any atom is -0.388 e. The molecule has 10 heteroatoms. The van der Waals surface area contributed by atoms with Gasteiger partial charge in [0.1, 0.15) is 24.3 Å². The summed E-state index contributed by atoms with van der Waals surface area (Å²) in [6.45, 7) is 3.39. The maximum Gasteiger partial charge on any atom is 0.155 e. The maximum absolute atomic E-state index is 13.3. The van der Waals surface area contributed by atoms with Crippen molar-refractivity contribution in [2.45, 2.75) is 19.2 Å². The monoisotopic (exact) mass is 450 g/mol. The van der Waals surface area contributed by atoms with E-state index in [4.69, 9.17) is 0 Å². The fourth-order valence-corrected chi connectivity index (χ4v) is 3.60. The highest BCUT2D eigenvalue weighted by molar-refractivity contribution is 5.85. The van der Waals surface area contributed by atoms with Crippen molar-refractivity contribution < 1.29 is 13.9 Å². The van der Waals surface area contributed by atoms with Crippen molar-refractivity contribution in [3.63, 3.8) is 0 Å². The number of hydrogen-bond acceptors (Lipinski definition) is 6. The number of benzene rings is 1. The van der Waals surface area contributed by atoms with Crippen LogP contribution in [0.4, 0.5) is 14.6 Å². The molecular weight excluding hydrogens is 426 g/mol. The normalized spacial score (nSPS) is 15.5. The Balaban J connectivity index is 0.00000272. The highest BCUT2D eigenvalue weighted by atomic mass is 35.5. The third kappa shape index (κ3) is 5.75. The SMILES string of the molecule is Cl.O[C@@H](CF)Cn1cc(CN2CCN(c3nccnc3-c3ccc(F)cc3)CC2)cn1. The molecule has 1 aliphatic heterocycles. The number of piperazine rings is 1. The Labute approximate surface area is 185 Å². The van der Waals surface area contributed by atoms with Crippen molar-refractivity contribution in [3.05, 3.63) is 60.4 Å². The van der Waals surface area contributed by atoms with Gasteiger partial charge in [0.05, 0.1) is 12.7 Å². The number of hydrogen-bond donors (Lipinski definition) is 1. The molecule has 3 heterocycles. The van der Waals surface area contributed by atoms with Gasteiger partial charge in [0.25, 0.3) is 0 Å². The highest BCUT2D eigenvalue weighted by Gasteiger charge is 2.22. The van der Waals surface area contributed by atoms with Crippen LogP contribution in [0.1, 0.15) is 5.56 Å². The van der Waals surface area contributed by atoms with Gasteiger partial charge in [-0.25, -0.2) is 13.8 Å². The van der Waals surface area contributed by atoms with Crippen molar-refractivity contribution in [1.82, 2.24) is 24.6 Å². The van der Waals surface area contributed by atoms with Crippen molar-refractivity contribution >= 4 is 18.2 Å². The van der Waals surface area contributed by atoms with Gasteiger partial charge in [-0.1, -0.05) is 0 Å². The number of aliphatic hydroxyl groups is 1. The number of aromatic nitrogens is 4. The molecule has 7 nitrogen and oxygen atoms in total. The molecular formula is C21H25ClF2N6O. The molecule has 31 heavy (non-hydrogen) atoms. The second-order valence-electron chi connectivity index (χ2n) is 7.38. The summed E-state index contributed by atoms with van der Waals surface area (Å²) in [5.41, 5.74) is 2.62. The van der Waals surface area contributed by atoms with E-state index in [9.17, 15) is 13.9 Å². The zero-order valence-electron chi connectivity index (χ0n) is 16.9. The highest BCUT2D eigenvalue weighted by Crippen LogP contribution is 2.27. The Hall–Kier alpha value is -2.62. The zero-order valence-corrected chi connectivity index (χ0v) is 17.8. The fraction of sp³-hybridized carbons (Fsp3) is 0.381. The first-order chi connectivity index (χ1) is 14.6. The minimum absolute atomic E-state index is 0. The first-order valence-electron chi connectivity index (χ1n) is 9.92. The number of halogens is 3. The molecule has 0 radical (unpaired) electrons. The summed E-state index contributed by atoms with van der Waals surface area (Å²) in [6, 6.07) is 6.30. The van der Waals surface area contributed by atoms with Gasteiger partial charge < -0.3 is 10.0 Å². The lowest BCUT2D eigenvalue weighted by molar-refractivity contribution is 0.118. The molecule has 1 fully saturated rings. The van der Waals surface area contributed by atoms with Gasteiger partial charge >= 0.3 is 0 Å². The van der Waals surface area contributed by atoms with E-state index in [2.05, 4.69) is 24.9 Å². The molecule has 4 rings (SSSR count). The van der Waals surface area contributed by atoms with Crippen LogP contribution in [0.2, 0.25) is 0 Å². The topological polar surface area (TPSA) is 70.3 Å². The Morgan fingerprint density at radius 1 is 1.03 bits per heavy atom. The lowest BCUT2D eigenvalue weighted by atomic mass is 10.1. The molecule has 0 saturated carbocycles. The second-order valence-corrected chi connectivity index (χ2v) is 7.38. The number of nitrogens with zero attached hydrogens (tertiary/aromatic N) is 6. The molecule has 0 amide bonds. The van der Waals surface area contributed by atoms with Gasteiger partial charge in [-0.15, -0.1) is 12.4 Å². The van der Waals surface area contributed by atoms with Crippen LogP contribution in [-0.2, 0) is 13.1 Å². The van der Waals surface area contributed by atoms with Crippen LogP contribution in [0, 0.1) is 5.82 Å².